The third-order valence-electron chi connectivity index (χ3n) is 7.64. The number of phenols is 4. The smallest absolute Gasteiger partial charge is 0.115 e. The van der Waals surface area contributed by atoms with Crippen LogP contribution >= 0.6 is 0 Å². The summed E-state index contributed by atoms with van der Waals surface area (Å²) in [6.45, 7) is 0. The van der Waals surface area contributed by atoms with Crippen LogP contribution in [0.3, 0.4) is 0 Å². The summed E-state index contributed by atoms with van der Waals surface area (Å²) in [7, 11) is 0. The fourth-order valence-corrected chi connectivity index (χ4v) is 5.71. The molecule has 5 rings (SSSR count). The Morgan fingerprint density at radius 3 is 0.676 bits per heavy atom. The number of benzene rings is 4. The highest BCUT2D eigenvalue weighted by molar-refractivity contribution is 5.48. The summed E-state index contributed by atoms with van der Waals surface area (Å²) >= 11 is 0. The van der Waals surface area contributed by atoms with Crippen molar-refractivity contribution in [2.75, 3.05) is 0 Å². The van der Waals surface area contributed by atoms with Crippen molar-refractivity contribution >= 4 is 0 Å². The van der Waals surface area contributed by atoms with Crippen LogP contribution in [0, 0.1) is 0 Å². The molecule has 0 radical (unpaired) electrons. The van der Waals surface area contributed by atoms with Gasteiger partial charge in [0.05, 0.1) is 0 Å². The van der Waals surface area contributed by atoms with Gasteiger partial charge in [-0.25, -0.2) is 0 Å². The molecule has 0 aliphatic heterocycles. The zero-order valence-corrected chi connectivity index (χ0v) is 18.9. The Labute approximate surface area is 199 Å². The van der Waals surface area contributed by atoms with Crippen molar-refractivity contribution in [3.63, 3.8) is 0 Å². The van der Waals surface area contributed by atoms with Crippen molar-refractivity contribution in [3.05, 3.63) is 119 Å². The largest absolute Gasteiger partial charge is 0.508 e. The molecule has 0 heterocycles. The average Bonchev–Trinajstić information content (AvgIpc) is 2.86. The highest BCUT2D eigenvalue weighted by atomic mass is 16.3. The molecule has 4 aromatic rings. The van der Waals surface area contributed by atoms with Crippen molar-refractivity contribution in [3.8, 4) is 23.0 Å². The van der Waals surface area contributed by atoms with E-state index < -0.39 is 0 Å². The molecule has 4 N–H and O–H groups in total. The molecule has 0 unspecified atom stereocenters. The lowest BCUT2D eigenvalue weighted by molar-refractivity contribution is 0.256. The molecule has 0 aromatic heterocycles. The van der Waals surface area contributed by atoms with E-state index in [1.54, 1.807) is 48.5 Å². The highest BCUT2D eigenvalue weighted by Crippen LogP contribution is 2.54. The maximum absolute atomic E-state index is 9.90. The molecule has 4 aromatic carbocycles. The molecule has 0 saturated heterocycles. The minimum atomic E-state index is -0.265. The second kappa shape index (κ2) is 8.45. The molecule has 4 heteroatoms. The van der Waals surface area contributed by atoms with Crippen molar-refractivity contribution < 1.29 is 20.4 Å². The minimum Gasteiger partial charge on any atom is -0.508 e. The number of aromatic hydroxyl groups is 4. The van der Waals surface area contributed by atoms with Crippen LogP contribution in [0.4, 0.5) is 0 Å². The second-order valence-electron chi connectivity index (χ2n) is 9.35. The molecular formula is C30H28O4. The second-order valence-corrected chi connectivity index (χ2v) is 9.35. The van der Waals surface area contributed by atoms with Gasteiger partial charge in [0.2, 0.25) is 0 Å². The fourth-order valence-electron chi connectivity index (χ4n) is 5.71. The molecule has 1 saturated carbocycles. The first-order chi connectivity index (χ1) is 16.4. The Kier molecular flexibility index (Phi) is 5.45. The van der Waals surface area contributed by atoms with Gasteiger partial charge in [0.25, 0.3) is 0 Å². The van der Waals surface area contributed by atoms with Crippen LogP contribution < -0.4 is 0 Å². The molecule has 34 heavy (non-hydrogen) atoms. The molecule has 0 atom stereocenters. The van der Waals surface area contributed by atoms with E-state index in [0.717, 1.165) is 47.9 Å². The van der Waals surface area contributed by atoms with Gasteiger partial charge in [0.1, 0.15) is 23.0 Å². The lowest BCUT2D eigenvalue weighted by atomic mass is 9.55. The first-order valence-electron chi connectivity index (χ1n) is 11.6. The third kappa shape index (κ3) is 3.75. The Morgan fingerprint density at radius 1 is 0.324 bits per heavy atom. The normalized spacial score (nSPS) is 16.7. The first kappa shape index (κ1) is 21.9. The van der Waals surface area contributed by atoms with Gasteiger partial charge in [-0.2, -0.15) is 0 Å². The van der Waals surface area contributed by atoms with Crippen LogP contribution in [-0.2, 0) is 10.8 Å². The summed E-state index contributed by atoms with van der Waals surface area (Å²) in [5, 5.41) is 39.6. The zero-order valence-electron chi connectivity index (χ0n) is 18.9. The number of hydrogen-bond donors (Lipinski definition) is 4. The highest BCUT2D eigenvalue weighted by Gasteiger charge is 2.46. The van der Waals surface area contributed by atoms with Crippen molar-refractivity contribution in [2.24, 2.45) is 0 Å². The summed E-state index contributed by atoms with van der Waals surface area (Å²) in [6.07, 6.45) is 3.41. The van der Waals surface area contributed by atoms with E-state index >= 15 is 0 Å². The van der Waals surface area contributed by atoms with E-state index in [1.807, 2.05) is 48.5 Å². The molecular weight excluding hydrogens is 424 g/mol. The number of hydrogen-bond acceptors (Lipinski definition) is 4. The third-order valence-corrected chi connectivity index (χ3v) is 7.64. The Balaban J connectivity index is 1.61. The molecule has 1 aliphatic carbocycles. The van der Waals surface area contributed by atoms with Crippen LogP contribution in [0.1, 0.15) is 47.9 Å². The van der Waals surface area contributed by atoms with Crippen molar-refractivity contribution in [1.29, 1.82) is 0 Å². The van der Waals surface area contributed by atoms with E-state index in [0.29, 0.717) is 0 Å². The van der Waals surface area contributed by atoms with Gasteiger partial charge in [0.15, 0.2) is 0 Å². The summed E-state index contributed by atoms with van der Waals surface area (Å²) in [6, 6.07) is 29.9. The van der Waals surface area contributed by atoms with Gasteiger partial charge >= 0.3 is 0 Å². The fraction of sp³-hybridized carbons (Fsp3) is 0.200. The molecule has 4 nitrogen and oxygen atoms in total. The minimum absolute atomic E-state index is 0.239. The number of phenolic OH excluding ortho intramolecular Hbond substituents is 4. The topological polar surface area (TPSA) is 80.9 Å². The summed E-state index contributed by atoms with van der Waals surface area (Å²) < 4.78 is 0. The average molecular weight is 453 g/mol. The molecule has 1 fully saturated rings. The Morgan fingerprint density at radius 2 is 0.500 bits per heavy atom. The van der Waals surface area contributed by atoms with E-state index in [4.69, 9.17) is 0 Å². The van der Waals surface area contributed by atoms with E-state index in [1.165, 1.54) is 0 Å². The SMILES string of the molecule is Oc1ccc(C2(c3ccc(O)cc3)CCC(c3ccc(O)cc3)(c3ccc(O)cc3)CC2)cc1. The molecule has 0 amide bonds. The van der Waals surface area contributed by atoms with Gasteiger partial charge in [-0.3, -0.25) is 0 Å². The summed E-state index contributed by atoms with van der Waals surface area (Å²) in [5.74, 6) is 0.955. The maximum Gasteiger partial charge on any atom is 0.115 e. The van der Waals surface area contributed by atoms with Crippen molar-refractivity contribution in [2.45, 2.75) is 36.5 Å². The van der Waals surface area contributed by atoms with Gasteiger partial charge in [-0.1, -0.05) is 48.5 Å². The van der Waals surface area contributed by atoms with Gasteiger partial charge in [0, 0.05) is 10.8 Å². The molecule has 0 bridgehead atoms. The van der Waals surface area contributed by atoms with Crippen LogP contribution in [0.15, 0.2) is 97.1 Å². The van der Waals surface area contributed by atoms with Gasteiger partial charge < -0.3 is 20.4 Å². The lowest BCUT2D eigenvalue weighted by Gasteiger charge is -2.48. The van der Waals surface area contributed by atoms with Gasteiger partial charge in [-0.15, -0.1) is 0 Å². The van der Waals surface area contributed by atoms with Crippen LogP contribution in [0.2, 0.25) is 0 Å². The summed E-state index contributed by atoms with van der Waals surface area (Å²) in [5.41, 5.74) is 4.03. The van der Waals surface area contributed by atoms with Crippen LogP contribution in [0.5, 0.6) is 23.0 Å². The monoisotopic (exact) mass is 452 g/mol. The predicted octanol–water partition coefficient (Wildman–Crippen LogP) is 6.36. The van der Waals surface area contributed by atoms with E-state index in [-0.39, 0.29) is 33.8 Å². The number of rotatable bonds is 4. The Hall–Kier alpha value is -3.92. The van der Waals surface area contributed by atoms with E-state index in [9.17, 15) is 20.4 Å². The molecule has 1 aliphatic rings. The zero-order chi connectivity index (χ0) is 23.8. The van der Waals surface area contributed by atoms with Gasteiger partial charge in [-0.05, 0) is 96.5 Å². The van der Waals surface area contributed by atoms with Crippen molar-refractivity contribution in [1.82, 2.24) is 0 Å². The summed E-state index contributed by atoms with van der Waals surface area (Å²) in [4.78, 5) is 0. The first-order valence-corrected chi connectivity index (χ1v) is 11.6. The predicted molar refractivity (Wildman–Crippen MR) is 132 cm³/mol. The Bertz CT molecular complexity index is 1050. The van der Waals surface area contributed by atoms with Crippen LogP contribution in [-0.4, -0.2) is 20.4 Å². The standard InChI is InChI=1S/C30H28O4/c31-25-9-1-21(2-10-25)29(22-3-11-26(32)12-4-22)17-19-30(20-18-29,23-5-13-27(33)14-6-23)24-7-15-28(34)16-8-24/h1-16,31-34H,17-20H2. The maximum atomic E-state index is 9.90. The molecule has 172 valence electrons. The lowest BCUT2D eigenvalue weighted by Crippen LogP contribution is -2.41. The quantitative estimate of drug-likeness (QED) is 0.291. The van der Waals surface area contributed by atoms with E-state index in [2.05, 4.69) is 0 Å². The molecule has 0 spiro atoms. The van der Waals surface area contributed by atoms with Crippen LogP contribution in [0.25, 0.3) is 0 Å².